The van der Waals surface area contributed by atoms with Gasteiger partial charge in [-0.3, -0.25) is 9.59 Å². The number of carbonyl (C=O) groups is 1. The average Bonchev–Trinajstić information content (AvgIpc) is 2.67. The number of aryl methyl sites for hydroxylation is 1. The third-order valence-corrected chi connectivity index (χ3v) is 4.65. The number of fused-ring (bicyclic) bond motifs is 1. The van der Waals surface area contributed by atoms with Crippen LogP contribution in [0.2, 0.25) is 0 Å². The fourth-order valence-electron chi connectivity index (χ4n) is 3.13. The van der Waals surface area contributed by atoms with E-state index in [1.54, 1.807) is 12.1 Å². The predicted molar refractivity (Wildman–Crippen MR) is 106 cm³/mol. The number of amides is 1. The Morgan fingerprint density at radius 2 is 1.81 bits per heavy atom. The molecule has 0 saturated heterocycles. The van der Waals surface area contributed by atoms with Crippen molar-refractivity contribution in [1.29, 1.82) is 0 Å². The number of aromatic amines is 1. The van der Waals surface area contributed by atoms with Gasteiger partial charge in [0.2, 0.25) is 5.91 Å². The molecule has 0 unspecified atom stereocenters. The van der Waals surface area contributed by atoms with Gasteiger partial charge in [0.05, 0.1) is 31.5 Å². The molecule has 3 rings (SSSR count). The van der Waals surface area contributed by atoms with Crippen LogP contribution in [0.3, 0.4) is 0 Å². The van der Waals surface area contributed by atoms with Gasteiger partial charge < -0.3 is 15.2 Å². The zero-order valence-electron chi connectivity index (χ0n) is 15.7. The van der Waals surface area contributed by atoms with Crippen LogP contribution in [0.25, 0.3) is 10.9 Å². The lowest BCUT2D eigenvalue weighted by Crippen LogP contribution is -3.07. The van der Waals surface area contributed by atoms with Gasteiger partial charge in [-0.2, -0.15) is 0 Å². The second kappa shape index (κ2) is 8.60. The van der Waals surface area contributed by atoms with Crippen LogP contribution in [0.5, 0.6) is 0 Å². The van der Waals surface area contributed by atoms with Gasteiger partial charge in [0.1, 0.15) is 11.9 Å². The molecule has 27 heavy (non-hydrogen) atoms. The number of rotatable bonds is 7. The van der Waals surface area contributed by atoms with Crippen LogP contribution in [-0.4, -0.2) is 36.5 Å². The smallest absolute Gasteiger partial charge is 0.258 e. The van der Waals surface area contributed by atoms with Crippen LogP contribution in [0.15, 0.2) is 59.4 Å². The number of hydrogen-bond acceptors (Lipinski definition) is 3. The summed E-state index contributed by atoms with van der Waals surface area (Å²) in [7, 11) is 4.15. The fraction of sp³-hybridized carbons (Fsp3) is 0.286. The van der Waals surface area contributed by atoms with Crippen LogP contribution < -0.4 is 15.8 Å². The van der Waals surface area contributed by atoms with Gasteiger partial charge in [0.15, 0.2) is 0 Å². The number of H-pyrrole nitrogens is 1. The van der Waals surface area contributed by atoms with Crippen molar-refractivity contribution >= 4 is 16.8 Å². The van der Waals surface area contributed by atoms with Crippen molar-refractivity contribution in [2.45, 2.75) is 18.9 Å². The fourth-order valence-corrected chi connectivity index (χ4v) is 3.13. The molecule has 6 nitrogen and oxygen atoms in total. The quantitative estimate of drug-likeness (QED) is 0.581. The first-order chi connectivity index (χ1) is 13.0. The Kier molecular flexibility index (Phi) is 5.98. The van der Waals surface area contributed by atoms with E-state index in [0.29, 0.717) is 29.7 Å². The van der Waals surface area contributed by atoms with Gasteiger partial charge in [-0.1, -0.05) is 42.5 Å². The summed E-state index contributed by atoms with van der Waals surface area (Å²) in [5, 5.41) is 3.57. The van der Waals surface area contributed by atoms with E-state index in [1.807, 2.05) is 30.3 Å². The molecular weight excluding hydrogens is 340 g/mol. The molecule has 0 saturated carbocycles. The van der Waals surface area contributed by atoms with Crippen molar-refractivity contribution in [1.82, 2.24) is 15.3 Å². The topological polar surface area (TPSA) is 79.3 Å². The summed E-state index contributed by atoms with van der Waals surface area (Å²) in [6.07, 6.45) is 0.683. The number of nitrogens with zero attached hydrogens (tertiary/aromatic N) is 1. The highest BCUT2D eigenvalue weighted by atomic mass is 16.1. The normalized spacial score (nSPS) is 12.3. The van der Waals surface area contributed by atoms with Crippen molar-refractivity contribution in [3.8, 4) is 0 Å². The Morgan fingerprint density at radius 3 is 2.56 bits per heavy atom. The third-order valence-electron chi connectivity index (χ3n) is 4.65. The standard InChI is InChI=1S/C21H24N4O2/c1-25(2)18(15-8-4-3-5-9-15)14-22-20(26)13-12-19-23-17-11-7-6-10-16(17)21(27)24-19/h3-11,18H,12-14H2,1-2H3,(H,22,26)(H,23,24,27)/p+1/t18-/m0/s1. The molecule has 1 aromatic heterocycles. The third kappa shape index (κ3) is 4.80. The minimum absolute atomic E-state index is 0.0482. The highest BCUT2D eigenvalue weighted by molar-refractivity contribution is 5.78. The van der Waals surface area contributed by atoms with Crippen LogP contribution in [0.1, 0.15) is 23.9 Å². The van der Waals surface area contributed by atoms with Crippen molar-refractivity contribution < 1.29 is 9.69 Å². The molecule has 0 aliphatic carbocycles. The Labute approximate surface area is 158 Å². The molecule has 0 fully saturated rings. The van der Waals surface area contributed by atoms with E-state index < -0.39 is 0 Å². The maximum absolute atomic E-state index is 12.3. The van der Waals surface area contributed by atoms with E-state index in [-0.39, 0.29) is 23.9 Å². The number of aromatic nitrogens is 2. The molecule has 0 bridgehead atoms. The minimum Gasteiger partial charge on any atom is -0.350 e. The first-order valence-electron chi connectivity index (χ1n) is 9.14. The van der Waals surface area contributed by atoms with Gasteiger partial charge >= 0.3 is 0 Å². The van der Waals surface area contributed by atoms with E-state index in [4.69, 9.17) is 0 Å². The molecule has 6 heteroatoms. The lowest BCUT2D eigenvalue weighted by atomic mass is 10.1. The summed E-state index contributed by atoms with van der Waals surface area (Å²) < 4.78 is 0. The number of quaternary nitrogens is 1. The number of carbonyl (C=O) groups excluding carboxylic acids is 1. The van der Waals surface area contributed by atoms with Crippen LogP contribution >= 0.6 is 0 Å². The number of nitrogens with one attached hydrogen (secondary N) is 3. The first kappa shape index (κ1) is 18.8. The summed E-state index contributed by atoms with van der Waals surface area (Å²) in [5.74, 6) is 0.486. The Bertz CT molecular complexity index is 967. The second-order valence-electron chi connectivity index (χ2n) is 6.87. The summed E-state index contributed by atoms with van der Waals surface area (Å²) in [6.45, 7) is 0.562. The van der Waals surface area contributed by atoms with Gasteiger partial charge in [0.25, 0.3) is 5.56 Å². The highest BCUT2D eigenvalue weighted by Gasteiger charge is 2.18. The first-order valence-corrected chi connectivity index (χ1v) is 9.14. The maximum Gasteiger partial charge on any atom is 0.258 e. The molecule has 0 spiro atoms. The summed E-state index contributed by atoms with van der Waals surface area (Å²) >= 11 is 0. The molecule has 0 aliphatic heterocycles. The molecule has 3 aromatic rings. The average molecular weight is 365 g/mol. The van der Waals surface area contributed by atoms with Gasteiger partial charge in [-0.05, 0) is 12.1 Å². The molecule has 140 valence electrons. The van der Waals surface area contributed by atoms with Gasteiger partial charge in [-0.15, -0.1) is 0 Å². The monoisotopic (exact) mass is 365 g/mol. The largest absolute Gasteiger partial charge is 0.350 e. The lowest BCUT2D eigenvalue weighted by molar-refractivity contribution is -0.890. The number of likely N-dealkylation sites (N-methyl/N-ethyl adjacent to an activating group) is 1. The van der Waals surface area contributed by atoms with E-state index >= 15 is 0 Å². The zero-order valence-corrected chi connectivity index (χ0v) is 15.7. The van der Waals surface area contributed by atoms with E-state index in [2.05, 4.69) is 41.5 Å². The predicted octanol–water partition coefficient (Wildman–Crippen LogP) is 0.858. The van der Waals surface area contributed by atoms with Crippen molar-refractivity contribution in [3.63, 3.8) is 0 Å². The number of para-hydroxylation sites is 1. The zero-order chi connectivity index (χ0) is 19.2. The summed E-state index contributed by atoms with van der Waals surface area (Å²) in [5.41, 5.74) is 1.67. The van der Waals surface area contributed by atoms with E-state index in [9.17, 15) is 9.59 Å². The highest BCUT2D eigenvalue weighted by Crippen LogP contribution is 2.09. The molecule has 1 heterocycles. The summed E-state index contributed by atoms with van der Waals surface area (Å²) in [6, 6.07) is 17.5. The summed E-state index contributed by atoms with van der Waals surface area (Å²) in [4.78, 5) is 32.8. The van der Waals surface area contributed by atoms with E-state index in [1.165, 1.54) is 10.5 Å². The Morgan fingerprint density at radius 1 is 1.11 bits per heavy atom. The molecule has 1 atom stereocenters. The van der Waals surface area contributed by atoms with Crippen molar-refractivity contribution in [2.24, 2.45) is 0 Å². The Hall–Kier alpha value is -2.99. The SMILES string of the molecule is C[NH+](C)[C@@H](CNC(=O)CCc1nc2ccccc2c(=O)[nH]1)c1ccccc1. The van der Waals surface area contributed by atoms with Crippen LogP contribution in [0, 0.1) is 0 Å². The minimum atomic E-state index is -0.170. The number of benzene rings is 2. The van der Waals surface area contributed by atoms with Gasteiger partial charge in [-0.25, -0.2) is 4.98 Å². The molecule has 2 aromatic carbocycles. The number of hydrogen-bond donors (Lipinski definition) is 3. The maximum atomic E-state index is 12.3. The second-order valence-corrected chi connectivity index (χ2v) is 6.87. The molecular formula is C21H25N4O2+. The van der Waals surface area contributed by atoms with Crippen molar-refractivity contribution in [3.05, 3.63) is 76.3 Å². The van der Waals surface area contributed by atoms with E-state index in [0.717, 1.165) is 0 Å². The molecule has 0 radical (unpaired) electrons. The van der Waals surface area contributed by atoms with Gasteiger partial charge in [0, 0.05) is 18.4 Å². The van der Waals surface area contributed by atoms with Crippen molar-refractivity contribution in [2.75, 3.05) is 20.6 Å². The van der Waals surface area contributed by atoms with Crippen LogP contribution in [-0.2, 0) is 11.2 Å². The lowest BCUT2D eigenvalue weighted by Gasteiger charge is -2.22. The molecule has 3 N–H and O–H groups in total. The Balaban J connectivity index is 1.59. The molecule has 0 aliphatic rings. The molecule has 1 amide bonds. The van der Waals surface area contributed by atoms with Crippen LogP contribution in [0.4, 0.5) is 0 Å².